The third-order valence-corrected chi connectivity index (χ3v) is 5.11. The van der Waals surface area contributed by atoms with E-state index >= 15 is 0 Å². The number of rotatable bonds is 7. The number of likely N-dealkylation sites (N-methyl/N-ethyl adjacent to an activating group) is 2. The minimum absolute atomic E-state index is 0.0809. The highest BCUT2D eigenvalue weighted by atomic mass is 19.1. The van der Waals surface area contributed by atoms with Gasteiger partial charge < -0.3 is 24.7 Å². The van der Waals surface area contributed by atoms with E-state index in [1.165, 1.54) is 27.6 Å². The number of aromatic nitrogens is 3. The molecule has 2 N–H and O–H groups in total. The number of amidine groups is 1. The van der Waals surface area contributed by atoms with E-state index < -0.39 is 23.3 Å². The highest BCUT2D eigenvalue weighted by Gasteiger charge is 2.20. The lowest BCUT2D eigenvalue weighted by molar-refractivity contribution is 0.0303. The van der Waals surface area contributed by atoms with Crippen molar-refractivity contribution in [3.8, 4) is 0 Å². The van der Waals surface area contributed by atoms with Crippen molar-refractivity contribution in [2.24, 2.45) is 10.7 Å². The Morgan fingerprint density at radius 1 is 1.10 bits per heavy atom. The number of imidazole rings is 1. The van der Waals surface area contributed by atoms with Crippen LogP contribution in [0.3, 0.4) is 0 Å². The lowest BCUT2D eigenvalue weighted by atomic mass is 10.2. The van der Waals surface area contributed by atoms with Crippen LogP contribution in [0.4, 0.5) is 25.1 Å². The second-order valence-electron chi connectivity index (χ2n) is 9.17. The Kier molecular flexibility index (Phi) is 12.8. The van der Waals surface area contributed by atoms with Crippen LogP contribution in [0.1, 0.15) is 66.6 Å². The van der Waals surface area contributed by atoms with Gasteiger partial charge in [-0.25, -0.2) is 28.5 Å². The average molecular weight is 548 g/mol. The van der Waals surface area contributed by atoms with E-state index in [0.29, 0.717) is 31.0 Å². The Balaban J connectivity index is 0.00000181. The topological polar surface area (TPSA) is 101 Å². The van der Waals surface area contributed by atoms with E-state index in [2.05, 4.69) is 15.0 Å². The number of hydrogen-bond donors (Lipinski definition) is 1. The molecule has 3 aromatic heterocycles. The van der Waals surface area contributed by atoms with Gasteiger partial charge in [-0.05, 0) is 40.7 Å². The zero-order valence-corrected chi connectivity index (χ0v) is 24.8. The van der Waals surface area contributed by atoms with Gasteiger partial charge in [-0.3, -0.25) is 0 Å². The van der Waals surface area contributed by atoms with Gasteiger partial charge >= 0.3 is 6.09 Å². The summed E-state index contributed by atoms with van der Waals surface area (Å²) in [5.74, 6) is -1.53. The smallest absolute Gasteiger partial charge is 0.410 e. The van der Waals surface area contributed by atoms with Crippen molar-refractivity contribution >= 4 is 29.1 Å². The molecule has 0 fully saturated rings. The van der Waals surface area contributed by atoms with Crippen molar-refractivity contribution < 1.29 is 18.3 Å². The molecule has 1 amide bonds. The molecule has 0 radical (unpaired) electrons. The van der Waals surface area contributed by atoms with Gasteiger partial charge in [0.25, 0.3) is 0 Å². The van der Waals surface area contributed by atoms with Gasteiger partial charge in [-0.1, -0.05) is 27.7 Å². The molecule has 0 saturated heterocycles. The molecule has 9 nitrogen and oxygen atoms in total. The zero-order chi connectivity index (χ0) is 29.9. The molecule has 0 aromatic carbocycles. The summed E-state index contributed by atoms with van der Waals surface area (Å²) in [6.45, 7) is 18.5. The number of anilines is 1. The number of amides is 1. The van der Waals surface area contributed by atoms with Gasteiger partial charge in [0.2, 0.25) is 0 Å². The van der Waals surface area contributed by atoms with E-state index in [0.717, 1.165) is 0 Å². The quantitative estimate of drug-likeness (QED) is 0.283. The van der Waals surface area contributed by atoms with Crippen molar-refractivity contribution in [3.05, 3.63) is 53.6 Å². The second kappa shape index (κ2) is 15.0. The van der Waals surface area contributed by atoms with Crippen molar-refractivity contribution in [3.63, 3.8) is 0 Å². The van der Waals surface area contributed by atoms with Gasteiger partial charge in [-0.15, -0.1) is 0 Å². The molecule has 0 unspecified atom stereocenters. The number of carbonyl (C=O) groups is 1. The fourth-order valence-corrected chi connectivity index (χ4v) is 3.35. The molecule has 3 heterocycles. The van der Waals surface area contributed by atoms with E-state index in [1.807, 2.05) is 39.5 Å². The van der Waals surface area contributed by atoms with E-state index in [9.17, 15) is 13.6 Å². The van der Waals surface area contributed by atoms with E-state index in [-0.39, 0.29) is 22.9 Å². The molecule has 3 rings (SSSR count). The number of pyridine rings is 2. The van der Waals surface area contributed by atoms with Gasteiger partial charge in [0, 0.05) is 50.7 Å². The lowest BCUT2D eigenvalue weighted by Crippen LogP contribution is -2.39. The maximum Gasteiger partial charge on any atom is 0.410 e. The Hall–Kier alpha value is -3.76. The summed E-state index contributed by atoms with van der Waals surface area (Å²) in [7, 11) is 1.65. The number of hydrogen-bond acceptors (Lipinski definition) is 6. The molecule has 0 spiro atoms. The van der Waals surface area contributed by atoms with E-state index in [4.69, 9.17) is 10.5 Å². The maximum absolute atomic E-state index is 14.8. The molecule has 11 heteroatoms. The molecule has 3 aromatic rings. The highest BCUT2D eigenvalue weighted by molar-refractivity contribution is 5.98. The second-order valence-corrected chi connectivity index (χ2v) is 9.17. The van der Waals surface area contributed by atoms with Crippen molar-refractivity contribution in [2.45, 2.75) is 67.9 Å². The normalized spacial score (nSPS) is 11.2. The predicted molar refractivity (Wildman–Crippen MR) is 154 cm³/mol. The highest BCUT2D eigenvalue weighted by Crippen LogP contribution is 2.22. The minimum atomic E-state index is -0.676. The maximum atomic E-state index is 14.8. The van der Waals surface area contributed by atoms with Crippen LogP contribution >= 0.6 is 0 Å². The zero-order valence-electron chi connectivity index (χ0n) is 24.8. The van der Waals surface area contributed by atoms with Crippen LogP contribution in [-0.4, -0.2) is 63.5 Å². The fourth-order valence-electron chi connectivity index (χ4n) is 3.35. The van der Waals surface area contributed by atoms with Crippen molar-refractivity contribution in [1.29, 1.82) is 0 Å². The number of aryl methyl sites for hydroxylation is 1. The molecule has 0 saturated carbocycles. The fraction of sp³-hybridized carbons (Fsp3) is 0.500. The third kappa shape index (κ3) is 9.49. The number of halogens is 2. The molecular formula is C28H43F2N7O2. The largest absolute Gasteiger partial charge is 0.444 e. The van der Waals surface area contributed by atoms with Crippen LogP contribution in [0.15, 0.2) is 35.7 Å². The molecular weight excluding hydrogens is 504 g/mol. The van der Waals surface area contributed by atoms with Crippen LogP contribution in [-0.2, 0) is 4.74 Å². The summed E-state index contributed by atoms with van der Waals surface area (Å²) < 4.78 is 36.1. The monoisotopic (exact) mass is 547 g/mol. The van der Waals surface area contributed by atoms with E-state index in [1.54, 1.807) is 47.1 Å². The average Bonchev–Trinajstić information content (AvgIpc) is 3.28. The third-order valence-electron chi connectivity index (χ3n) is 5.11. The van der Waals surface area contributed by atoms with Crippen LogP contribution in [0, 0.1) is 18.6 Å². The Labute approximate surface area is 230 Å². The first-order valence-corrected chi connectivity index (χ1v) is 13.2. The Morgan fingerprint density at radius 2 is 1.74 bits per heavy atom. The SMILES string of the molecule is CC.CC.CCN(CCN(C)C(=O)OC(C)(C)C)c1cnc(/N=C(\N)c2cc(F)c3nc(C)cn3c2)c(F)c1. The van der Waals surface area contributed by atoms with Gasteiger partial charge in [0.05, 0.1) is 17.6 Å². The van der Waals surface area contributed by atoms with Crippen molar-refractivity contribution in [2.75, 3.05) is 31.6 Å². The number of aliphatic imine (C=N–C) groups is 1. The first-order valence-electron chi connectivity index (χ1n) is 13.2. The van der Waals surface area contributed by atoms with Crippen LogP contribution in [0.25, 0.3) is 5.65 Å². The summed E-state index contributed by atoms with van der Waals surface area (Å²) in [5.41, 5.74) is 7.06. The minimum Gasteiger partial charge on any atom is -0.444 e. The van der Waals surface area contributed by atoms with Crippen LogP contribution in [0.5, 0.6) is 0 Å². The Bertz CT molecular complexity index is 1250. The number of ether oxygens (including phenoxy) is 1. The summed E-state index contributed by atoms with van der Waals surface area (Å²) in [5, 5.41) is 0. The van der Waals surface area contributed by atoms with Gasteiger partial charge in [0.1, 0.15) is 11.4 Å². The lowest BCUT2D eigenvalue weighted by Gasteiger charge is -2.28. The number of nitrogens with two attached hydrogens (primary N) is 1. The van der Waals surface area contributed by atoms with Gasteiger partial charge in [-0.2, -0.15) is 0 Å². The van der Waals surface area contributed by atoms with Gasteiger partial charge in [0.15, 0.2) is 23.1 Å². The molecule has 0 aliphatic rings. The molecule has 0 aliphatic heterocycles. The molecule has 39 heavy (non-hydrogen) atoms. The first kappa shape index (κ1) is 33.3. The molecule has 216 valence electrons. The summed E-state index contributed by atoms with van der Waals surface area (Å²) in [4.78, 5) is 27.8. The number of fused-ring (bicyclic) bond motifs is 1. The summed E-state index contributed by atoms with van der Waals surface area (Å²) in [6, 6.07) is 2.51. The Morgan fingerprint density at radius 3 is 2.31 bits per heavy atom. The summed E-state index contributed by atoms with van der Waals surface area (Å²) >= 11 is 0. The predicted octanol–water partition coefficient (Wildman–Crippen LogP) is 6.10. The summed E-state index contributed by atoms with van der Waals surface area (Å²) in [6.07, 6.45) is 4.28. The van der Waals surface area contributed by atoms with Crippen LogP contribution in [0.2, 0.25) is 0 Å². The standard InChI is InChI=1S/C24H31F2N7O2.2C2H6/c1-7-32(9-8-31(6)23(34)35-24(3,4)5)17-11-18(25)21(28-12-17)30-20(27)16-10-19(26)22-29-15(2)13-33(22)14-16;2*1-2/h10-14H,7-9H2,1-6H3,(H2,27,28,30);2*1-2H3. The molecule has 0 bridgehead atoms. The van der Waals surface area contributed by atoms with Crippen LogP contribution < -0.4 is 10.6 Å². The number of carbonyl (C=O) groups excluding carboxylic acids is 1. The first-order chi connectivity index (χ1) is 18.4. The number of nitrogens with zero attached hydrogens (tertiary/aromatic N) is 6. The van der Waals surface area contributed by atoms with Crippen molar-refractivity contribution in [1.82, 2.24) is 19.3 Å². The molecule has 0 aliphatic carbocycles. The molecule has 0 atom stereocenters.